The number of carboxylic acid groups (broad SMARTS) is 1. The zero-order chi connectivity index (χ0) is 28.9. The maximum absolute atomic E-state index is 13.6. The minimum absolute atomic E-state index is 0.0182. The van der Waals surface area contributed by atoms with E-state index in [0.717, 1.165) is 21.7 Å². The Labute approximate surface area is 232 Å². The summed E-state index contributed by atoms with van der Waals surface area (Å²) in [5.74, 6) is -2.26. The highest BCUT2D eigenvalue weighted by atomic mass is 32.1. The van der Waals surface area contributed by atoms with Gasteiger partial charge in [0.1, 0.15) is 12.1 Å². The average Bonchev–Trinajstić information content (AvgIpc) is 3.46. The van der Waals surface area contributed by atoms with Crippen LogP contribution in [0, 0.1) is 12.3 Å². The number of carbonyl (C=O) groups is 4. The quantitative estimate of drug-likeness (QED) is 0.350. The second-order valence-electron chi connectivity index (χ2n) is 11.1. The van der Waals surface area contributed by atoms with Crippen LogP contribution in [0.3, 0.4) is 0 Å². The summed E-state index contributed by atoms with van der Waals surface area (Å²) in [5, 5.41) is 24.9. The highest BCUT2D eigenvalue weighted by Gasteiger charge is 2.44. The fourth-order valence-corrected chi connectivity index (χ4v) is 5.46. The van der Waals surface area contributed by atoms with E-state index in [9.17, 15) is 24.3 Å². The molecule has 0 bridgehead atoms. The van der Waals surface area contributed by atoms with Gasteiger partial charge in [0.05, 0.1) is 28.2 Å². The zero-order valence-corrected chi connectivity index (χ0v) is 23.9. The molecule has 0 saturated carbocycles. The third-order valence-corrected chi connectivity index (χ3v) is 7.83. The lowest BCUT2D eigenvalue weighted by atomic mass is 9.85. The Morgan fingerprint density at radius 2 is 1.79 bits per heavy atom. The minimum Gasteiger partial charge on any atom is -0.481 e. The number of benzene rings is 1. The van der Waals surface area contributed by atoms with Gasteiger partial charge in [-0.05, 0) is 36.8 Å². The molecule has 2 unspecified atom stereocenters. The molecule has 1 fully saturated rings. The lowest BCUT2D eigenvalue weighted by molar-refractivity contribution is -0.144. The van der Waals surface area contributed by atoms with E-state index < -0.39 is 41.4 Å². The summed E-state index contributed by atoms with van der Waals surface area (Å²) in [4.78, 5) is 56.9. The molecule has 11 heteroatoms. The minimum atomic E-state index is -0.994. The summed E-state index contributed by atoms with van der Waals surface area (Å²) in [6, 6.07) is 5.69. The van der Waals surface area contributed by atoms with Crippen molar-refractivity contribution < 1.29 is 29.4 Å². The van der Waals surface area contributed by atoms with Gasteiger partial charge in [-0.15, -0.1) is 11.3 Å². The van der Waals surface area contributed by atoms with Gasteiger partial charge in [-0.1, -0.05) is 45.0 Å². The molecule has 3 rings (SSSR count). The zero-order valence-electron chi connectivity index (χ0n) is 23.1. The molecule has 212 valence electrons. The van der Waals surface area contributed by atoms with Crippen molar-refractivity contribution in [3.63, 3.8) is 0 Å². The SMILES string of the molecule is Cc1ncsc1-c1ccc([C@H](C)NC(=O)C2CC(O)CN2C(=O)[C@@H](NC(=O)CCCC(=O)O)C(C)(C)C)cc1. The predicted octanol–water partition coefficient (Wildman–Crippen LogP) is 3.04. The number of amides is 3. The van der Waals surface area contributed by atoms with Crippen LogP contribution >= 0.6 is 11.3 Å². The molecule has 4 N–H and O–H groups in total. The molecule has 3 amide bonds. The summed E-state index contributed by atoms with van der Waals surface area (Å²) < 4.78 is 0. The first-order valence-corrected chi connectivity index (χ1v) is 14.0. The highest BCUT2D eigenvalue weighted by Crippen LogP contribution is 2.29. The highest BCUT2D eigenvalue weighted by molar-refractivity contribution is 7.13. The van der Waals surface area contributed by atoms with E-state index >= 15 is 0 Å². The Morgan fingerprint density at radius 3 is 2.36 bits per heavy atom. The molecular formula is C28H38N4O6S. The number of β-amino-alcohol motifs (C(OH)–C–C–N with tert-alkyl or cyclic N) is 1. The van der Waals surface area contributed by atoms with Gasteiger partial charge in [-0.3, -0.25) is 19.2 Å². The fourth-order valence-electron chi connectivity index (χ4n) is 4.65. The number of nitrogens with one attached hydrogen (secondary N) is 2. The molecule has 1 aromatic heterocycles. The summed E-state index contributed by atoms with van der Waals surface area (Å²) in [7, 11) is 0. The number of carbonyl (C=O) groups excluding carboxylic acids is 3. The lowest BCUT2D eigenvalue weighted by Crippen LogP contribution is -2.57. The summed E-state index contributed by atoms with van der Waals surface area (Å²) in [6.45, 7) is 9.20. The molecule has 4 atom stereocenters. The van der Waals surface area contributed by atoms with E-state index in [-0.39, 0.29) is 44.2 Å². The summed E-state index contributed by atoms with van der Waals surface area (Å²) in [6.07, 6.45) is -0.792. The van der Waals surface area contributed by atoms with E-state index in [4.69, 9.17) is 5.11 Å². The third kappa shape index (κ3) is 7.86. The average molecular weight is 559 g/mol. The Kier molecular flexibility index (Phi) is 9.84. The van der Waals surface area contributed by atoms with E-state index in [1.54, 1.807) is 37.6 Å². The topological polar surface area (TPSA) is 149 Å². The maximum Gasteiger partial charge on any atom is 0.303 e. The van der Waals surface area contributed by atoms with Crippen molar-refractivity contribution in [2.75, 3.05) is 6.54 Å². The van der Waals surface area contributed by atoms with Gasteiger partial charge in [0.25, 0.3) is 0 Å². The molecule has 39 heavy (non-hydrogen) atoms. The maximum atomic E-state index is 13.6. The van der Waals surface area contributed by atoms with Crippen LogP contribution in [-0.4, -0.2) is 68.5 Å². The number of aryl methyl sites for hydroxylation is 1. The first-order valence-electron chi connectivity index (χ1n) is 13.1. The van der Waals surface area contributed by atoms with Gasteiger partial charge >= 0.3 is 5.97 Å². The first kappa shape index (κ1) is 30.2. The number of aliphatic hydroxyl groups is 1. The lowest BCUT2D eigenvalue weighted by Gasteiger charge is -2.35. The number of aromatic nitrogens is 1. The molecule has 10 nitrogen and oxygen atoms in total. The van der Waals surface area contributed by atoms with E-state index in [2.05, 4.69) is 15.6 Å². The van der Waals surface area contributed by atoms with Crippen LogP contribution in [0.5, 0.6) is 0 Å². The number of likely N-dealkylation sites (tertiary alicyclic amines) is 1. The van der Waals surface area contributed by atoms with Gasteiger partial charge in [0.15, 0.2) is 0 Å². The van der Waals surface area contributed by atoms with Crippen molar-refractivity contribution in [2.45, 2.75) is 84.5 Å². The summed E-state index contributed by atoms with van der Waals surface area (Å²) in [5.41, 5.74) is 4.03. The van der Waals surface area contributed by atoms with Crippen LogP contribution in [0.25, 0.3) is 10.4 Å². The molecular weight excluding hydrogens is 520 g/mol. The third-order valence-electron chi connectivity index (χ3n) is 6.85. The summed E-state index contributed by atoms with van der Waals surface area (Å²) >= 11 is 1.57. The number of nitrogens with zero attached hydrogens (tertiary/aromatic N) is 2. The molecule has 0 spiro atoms. The van der Waals surface area contributed by atoms with Crippen molar-refractivity contribution in [3.05, 3.63) is 41.0 Å². The predicted molar refractivity (Wildman–Crippen MR) is 148 cm³/mol. The van der Waals surface area contributed by atoms with Crippen molar-refractivity contribution in [1.29, 1.82) is 0 Å². The van der Waals surface area contributed by atoms with E-state index in [1.807, 2.05) is 38.1 Å². The monoisotopic (exact) mass is 558 g/mol. The van der Waals surface area contributed by atoms with Gasteiger partial charge < -0.3 is 25.7 Å². The smallest absolute Gasteiger partial charge is 0.303 e. The Morgan fingerprint density at radius 1 is 1.13 bits per heavy atom. The van der Waals surface area contributed by atoms with Crippen molar-refractivity contribution in [3.8, 4) is 10.4 Å². The van der Waals surface area contributed by atoms with Crippen LogP contribution in [0.4, 0.5) is 0 Å². The van der Waals surface area contributed by atoms with E-state index in [0.29, 0.717) is 0 Å². The Balaban J connectivity index is 1.69. The molecule has 2 aromatic rings. The number of hydrogen-bond donors (Lipinski definition) is 4. The normalized spacial score (nSPS) is 18.9. The number of aliphatic hydroxyl groups excluding tert-OH is 1. The van der Waals surface area contributed by atoms with Crippen molar-refractivity contribution in [2.24, 2.45) is 5.41 Å². The largest absolute Gasteiger partial charge is 0.481 e. The standard InChI is InChI=1S/C28H38N4O6S/c1-16(18-9-11-19(12-10-18)24-17(2)29-15-39-24)30-26(37)21-13-20(33)14-32(21)27(38)25(28(3,4)5)31-22(34)7-6-8-23(35)36/h9-12,15-16,20-21,25,33H,6-8,13-14H2,1-5H3,(H,30,37)(H,31,34)(H,35,36)/t16-,20?,21?,25+/m0/s1. The van der Waals surface area contributed by atoms with Gasteiger partial charge in [-0.2, -0.15) is 0 Å². The molecule has 1 aliphatic rings. The molecule has 2 heterocycles. The molecule has 0 aliphatic carbocycles. The second-order valence-corrected chi connectivity index (χ2v) is 12.0. The van der Waals surface area contributed by atoms with Crippen LogP contribution in [-0.2, 0) is 19.2 Å². The Bertz CT molecular complexity index is 1190. The van der Waals surface area contributed by atoms with Gasteiger partial charge in [-0.25, -0.2) is 4.98 Å². The Hall–Kier alpha value is -3.31. The van der Waals surface area contributed by atoms with E-state index in [1.165, 1.54) is 4.90 Å². The van der Waals surface area contributed by atoms with Gasteiger partial charge in [0, 0.05) is 25.8 Å². The number of aliphatic carboxylic acids is 1. The number of carboxylic acids is 1. The van der Waals surface area contributed by atoms with Crippen molar-refractivity contribution >= 4 is 35.0 Å². The fraction of sp³-hybridized carbons (Fsp3) is 0.536. The number of thiazole rings is 1. The number of hydrogen-bond acceptors (Lipinski definition) is 7. The number of rotatable bonds is 10. The molecule has 1 aliphatic heterocycles. The second kappa shape index (κ2) is 12.7. The molecule has 1 aromatic carbocycles. The van der Waals surface area contributed by atoms with Crippen LogP contribution in [0.2, 0.25) is 0 Å². The van der Waals surface area contributed by atoms with Crippen molar-refractivity contribution in [1.82, 2.24) is 20.5 Å². The van der Waals surface area contributed by atoms with Crippen LogP contribution in [0.15, 0.2) is 29.8 Å². The van der Waals surface area contributed by atoms with Crippen LogP contribution in [0.1, 0.15) is 70.7 Å². The van der Waals surface area contributed by atoms with Crippen LogP contribution < -0.4 is 10.6 Å². The molecule has 1 saturated heterocycles. The first-order chi connectivity index (χ1) is 18.3. The molecule has 0 radical (unpaired) electrons. The van der Waals surface area contributed by atoms with Gasteiger partial charge in [0.2, 0.25) is 17.7 Å².